The maximum absolute atomic E-state index is 11.2. The molecule has 76 valence electrons. The zero-order chi connectivity index (χ0) is 10.4. The topological polar surface area (TPSA) is 17.1 Å². The van der Waals surface area contributed by atoms with Gasteiger partial charge in [0, 0.05) is 5.92 Å². The summed E-state index contributed by atoms with van der Waals surface area (Å²) in [7, 11) is 0. The summed E-state index contributed by atoms with van der Waals surface area (Å²) in [4.78, 5) is 11.2. The van der Waals surface area contributed by atoms with Gasteiger partial charge < -0.3 is 0 Å². The molecule has 1 fully saturated rings. The largest absolute Gasteiger partial charge is 0.300 e. The second kappa shape index (κ2) is 3.29. The quantitative estimate of drug-likeness (QED) is 0.677. The number of carbonyl (C=O) groups is 1. The number of alkyl halides is 3. The summed E-state index contributed by atoms with van der Waals surface area (Å²) >= 11 is 17.1. The van der Waals surface area contributed by atoms with E-state index < -0.39 is 3.79 Å². The van der Waals surface area contributed by atoms with E-state index in [0.717, 1.165) is 0 Å². The van der Waals surface area contributed by atoms with Crippen LogP contribution in [0, 0.1) is 17.3 Å². The van der Waals surface area contributed by atoms with Crippen LogP contribution in [0.3, 0.4) is 0 Å². The number of Topliss-reactive ketones (excluding diaryl/α,β-unsaturated/α-hetero) is 1. The molecule has 0 aliphatic heterocycles. The zero-order valence-electron chi connectivity index (χ0n) is 7.90. The van der Waals surface area contributed by atoms with Crippen molar-refractivity contribution in [1.82, 2.24) is 0 Å². The Balaban J connectivity index is 2.61. The lowest BCUT2D eigenvalue weighted by molar-refractivity contribution is -0.119. The molecule has 0 N–H and O–H groups in total. The maximum atomic E-state index is 11.2. The van der Waals surface area contributed by atoms with Gasteiger partial charge in [-0.2, -0.15) is 0 Å². The predicted octanol–water partition coefficient (Wildman–Crippen LogP) is 3.61. The highest BCUT2D eigenvalue weighted by atomic mass is 35.6. The van der Waals surface area contributed by atoms with Crippen molar-refractivity contribution in [3.8, 4) is 0 Å². The van der Waals surface area contributed by atoms with E-state index in [0.29, 0.717) is 6.42 Å². The Hall–Kier alpha value is 0.540. The fourth-order valence-electron chi connectivity index (χ4n) is 2.18. The molecule has 1 aliphatic carbocycles. The number of rotatable bonds is 2. The van der Waals surface area contributed by atoms with E-state index in [4.69, 9.17) is 34.8 Å². The Morgan fingerprint density at radius 3 is 2.08 bits per heavy atom. The van der Waals surface area contributed by atoms with Crippen LogP contribution < -0.4 is 0 Å². The second-order valence-corrected chi connectivity index (χ2v) is 6.85. The first-order valence-corrected chi connectivity index (χ1v) is 5.37. The molecule has 1 aliphatic rings. The fraction of sp³-hybridized carbons (Fsp3) is 0.889. The van der Waals surface area contributed by atoms with Crippen molar-refractivity contribution in [1.29, 1.82) is 0 Å². The lowest BCUT2D eigenvalue weighted by atomic mass is 10.1. The zero-order valence-corrected chi connectivity index (χ0v) is 10.2. The Bertz CT molecular complexity index is 230. The minimum Gasteiger partial charge on any atom is -0.300 e. The van der Waals surface area contributed by atoms with Crippen molar-refractivity contribution in [2.45, 2.75) is 31.0 Å². The van der Waals surface area contributed by atoms with Gasteiger partial charge in [-0.3, -0.25) is 4.79 Å². The van der Waals surface area contributed by atoms with Gasteiger partial charge in [0.1, 0.15) is 5.78 Å². The smallest absolute Gasteiger partial charge is 0.190 e. The summed E-state index contributed by atoms with van der Waals surface area (Å²) in [6.07, 6.45) is 0.467. The van der Waals surface area contributed by atoms with Crippen molar-refractivity contribution in [3.63, 3.8) is 0 Å². The van der Waals surface area contributed by atoms with E-state index >= 15 is 0 Å². The third-order valence-corrected chi connectivity index (χ3v) is 3.40. The first-order valence-electron chi connectivity index (χ1n) is 4.23. The molecule has 0 amide bonds. The highest BCUT2D eigenvalue weighted by molar-refractivity contribution is 6.67. The van der Waals surface area contributed by atoms with Crippen LogP contribution in [-0.2, 0) is 4.79 Å². The normalized spacial score (nSPS) is 31.5. The first kappa shape index (κ1) is 11.6. The molecule has 0 saturated heterocycles. The molecule has 0 heterocycles. The standard InChI is InChI=1S/C9H13Cl3O/c1-5(13)7-6(8(7,2)3)4-9(10,11)12/h6-7H,4H2,1-3H3. The van der Waals surface area contributed by atoms with Crippen LogP contribution in [0.1, 0.15) is 27.2 Å². The molecular weight excluding hydrogens is 230 g/mol. The Labute approximate surface area is 93.7 Å². The molecule has 0 spiro atoms. The summed E-state index contributed by atoms with van der Waals surface area (Å²) in [6, 6.07) is 0. The summed E-state index contributed by atoms with van der Waals surface area (Å²) in [5, 5.41) is 0. The number of halogens is 3. The van der Waals surface area contributed by atoms with E-state index in [1.54, 1.807) is 6.92 Å². The molecule has 1 rings (SSSR count). The molecule has 2 atom stereocenters. The summed E-state index contributed by atoms with van der Waals surface area (Å²) < 4.78 is -1.23. The van der Waals surface area contributed by atoms with E-state index in [1.807, 2.05) is 13.8 Å². The van der Waals surface area contributed by atoms with Crippen LogP contribution in [-0.4, -0.2) is 9.58 Å². The van der Waals surface area contributed by atoms with Gasteiger partial charge in [-0.05, 0) is 24.7 Å². The van der Waals surface area contributed by atoms with E-state index in [9.17, 15) is 4.79 Å². The Morgan fingerprint density at radius 1 is 1.38 bits per heavy atom. The van der Waals surface area contributed by atoms with Crippen molar-refractivity contribution in [2.24, 2.45) is 17.3 Å². The fourth-order valence-corrected chi connectivity index (χ4v) is 2.68. The molecular formula is C9H13Cl3O. The molecule has 0 radical (unpaired) electrons. The molecule has 13 heavy (non-hydrogen) atoms. The third kappa shape index (κ3) is 2.51. The predicted molar refractivity (Wildman–Crippen MR) is 56.3 cm³/mol. The number of hydrogen-bond donors (Lipinski definition) is 0. The number of ketones is 1. The minimum absolute atomic E-state index is 0.00968. The lowest BCUT2D eigenvalue weighted by Crippen LogP contribution is -2.06. The van der Waals surface area contributed by atoms with Gasteiger partial charge in [0.05, 0.1) is 0 Å². The van der Waals surface area contributed by atoms with Crippen molar-refractivity contribution >= 4 is 40.6 Å². The summed E-state index contributed by atoms with van der Waals surface area (Å²) in [5.41, 5.74) is 0.00968. The monoisotopic (exact) mass is 242 g/mol. The lowest BCUT2D eigenvalue weighted by Gasteiger charge is -2.10. The molecule has 0 aromatic rings. The van der Waals surface area contributed by atoms with Gasteiger partial charge in [-0.15, -0.1) is 0 Å². The Morgan fingerprint density at radius 2 is 1.85 bits per heavy atom. The minimum atomic E-state index is -1.23. The number of carbonyl (C=O) groups excluding carboxylic acids is 1. The van der Waals surface area contributed by atoms with Crippen LogP contribution >= 0.6 is 34.8 Å². The van der Waals surface area contributed by atoms with Crippen LogP contribution in [0.4, 0.5) is 0 Å². The second-order valence-electron chi connectivity index (χ2n) is 4.34. The molecule has 0 bridgehead atoms. The van der Waals surface area contributed by atoms with Crippen molar-refractivity contribution in [2.75, 3.05) is 0 Å². The van der Waals surface area contributed by atoms with Gasteiger partial charge >= 0.3 is 0 Å². The molecule has 1 nitrogen and oxygen atoms in total. The van der Waals surface area contributed by atoms with Crippen LogP contribution in [0.2, 0.25) is 0 Å². The maximum Gasteiger partial charge on any atom is 0.190 e. The molecule has 0 aromatic carbocycles. The highest BCUT2D eigenvalue weighted by Crippen LogP contribution is 2.62. The average Bonchev–Trinajstić information content (AvgIpc) is 2.28. The van der Waals surface area contributed by atoms with Crippen molar-refractivity contribution in [3.05, 3.63) is 0 Å². The average molecular weight is 244 g/mol. The first-order chi connectivity index (χ1) is 5.66. The Kier molecular flexibility index (Phi) is 2.94. The SMILES string of the molecule is CC(=O)C1C(CC(Cl)(Cl)Cl)C1(C)C. The van der Waals surface area contributed by atoms with Crippen LogP contribution in [0.15, 0.2) is 0 Å². The number of hydrogen-bond acceptors (Lipinski definition) is 1. The molecule has 0 aromatic heterocycles. The van der Waals surface area contributed by atoms with E-state index in [1.165, 1.54) is 0 Å². The van der Waals surface area contributed by atoms with E-state index in [2.05, 4.69) is 0 Å². The highest BCUT2D eigenvalue weighted by Gasteiger charge is 2.61. The third-order valence-electron chi connectivity index (χ3n) is 2.94. The van der Waals surface area contributed by atoms with Gasteiger partial charge in [0.25, 0.3) is 0 Å². The van der Waals surface area contributed by atoms with Gasteiger partial charge in [-0.25, -0.2) is 0 Å². The van der Waals surface area contributed by atoms with Crippen molar-refractivity contribution < 1.29 is 4.79 Å². The molecule has 2 unspecified atom stereocenters. The van der Waals surface area contributed by atoms with Gasteiger partial charge in [0.15, 0.2) is 3.79 Å². The van der Waals surface area contributed by atoms with E-state index in [-0.39, 0.29) is 23.0 Å². The summed E-state index contributed by atoms with van der Waals surface area (Å²) in [6.45, 7) is 5.69. The van der Waals surface area contributed by atoms with Crippen LogP contribution in [0.25, 0.3) is 0 Å². The molecule has 1 saturated carbocycles. The molecule has 4 heteroatoms. The van der Waals surface area contributed by atoms with Crippen LogP contribution in [0.5, 0.6) is 0 Å². The van der Waals surface area contributed by atoms with Gasteiger partial charge in [-0.1, -0.05) is 48.7 Å². The van der Waals surface area contributed by atoms with Gasteiger partial charge in [0.2, 0.25) is 0 Å². The summed E-state index contributed by atoms with van der Waals surface area (Å²) in [5.74, 6) is 0.491.